The van der Waals surface area contributed by atoms with Gasteiger partial charge in [0.15, 0.2) is 7.05 Å². The van der Waals surface area contributed by atoms with E-state index in [1.54, 1.807) is 11.6 Å². The van der Waals surface area contributed by atoms with Gasteiger partial charge in [-0.25, -0.2) is 4.18 Å². The Morgan fingerprint density at radius 1 is 1.00 bits per heavy atom. The molecule has 0 saturated carbocycles. The second-order valence-electron chi connectivity index (χ2n) is 5.64. The van der Waals surface area contributed by atoms with Crippen LogP contribution in [0, 0.1) is 0 Å². The Balaban J connectivity index is 2.19. The Labute approximate surface area is 146 Å². The Morgan fingerprint density at radius 3 is 2.04 bits per heavy atom. The van der Waals surface area contributed by atoms with Crippen molar-refractivity contribution in [2.45, 2.75) is 13.2 Å². The third-order valence-electron chi connectivity index (χ3n) is 3.94. The molecule has 25 heavy (non-hydrogen) atoms. The molecule has 0 aliphatic heterocycles. The Kier molecular flexibility index (Phi) is 4.71. The summed E-state index contributed by atoms with van der Waals surface area (Å²) < 4.78 is 39.7. The van der Waals surface area contributed by atoms with Crippen LogP contribution >= 0.6 is 0 Å². The van der Waals surface area contributed by atoms with Crippen molar-refractivity contribution < 1.29 is 21.8 Å². The van der Waals surface area contributed by atoms with Crippen LogP contribution in [0.2, 0.25) is 0 Å². The first-order chi connectivity index (χ1) is 11.9. The van der Waals surface area contributed by atoms with E-state index in [4.69, 9.17) is 8.74 Å². The number of hydrogen-bond donors (Lipinski definition) is 1. The lowest BCUT2D eigenvalue weighted by Crippen LogP contribution is -2.43. The lowest BCUT2D eigenvalue weighted by atomic mass is 10.1. The van der Waals surface area contributed by atoms with E-state index < -0.39 is 16.6 Å². The molecule has 1 N–H and O–H groups in total. The highest BCUT2D eigenvalue weighted by Gasteiger charge is 2.28. The predicted molar refractivity (Wildman–Crippen MR) is 93.8 cm³/mol. The van der Waals surface area contributed by atoms with Gasteiger partial charge in [-0.15, -0.1) is 9.36 Å². The summed E-state index contributed by atoms with van der Waals surface area (Å²) in [6.07, 6.45) is -0.923. The van der Waals surface area contributed by atoms with Gasteiger partial charge in [-0.05, 0) is 19.1 Å². The molecule has 1 atom stereocenters. The molecule has 1 unspecified atom stereocenters. The molecular formula is C18H19N2O4S+. The highest BCUT2D eigenvalue weighted by molar-refractivity contribution is 7.80. The molecular weight excluding hydrogens is 340 g/mol. The summed E-state index contributed by atoms with van der Waals surface area (Å²) in [7, 11) is -2.76. The molecule has 3 rings (SSSR count). The van der Waals surface area contributed by atoms with Crippen LogP contribution in [0.3, 0.4) is 0 Å². The van der Waals surface area contributed by atoms with Crippen molar-refractivity contribution >= 4 is 10.4 Å². The van der Waals surface area contributed by atoms with Gasteiger partial charge in [-0.2, -0.15) is 8.42 Å². The fourth-order valence-corrected chi connectivity index (χ4v) is 3.36. The topological polar surface area (TPSA) is 72.4 Å². The molecule has 130 valence electrons. The molecule has 1 aromatic heterocycles. The summed E-state index contributed by atoms with van der Waals surface area (Å²) in [5.41, 5.74) is 3.56. The number of benzene rings is 2. The summed E-state index contributed by atoms with van der Waals surface area (Å²) >= 11 is 0. The number of hydrogen-bond acceptors (Lipinski definition) is 3. The van der Waals surface area contributed by atoms with Crippen molar-refractivity contribution in [2.24, 2.45) is 7.05 Å². The van der Waals surface area contributed by atoms with Crippen LogP contribution in [-0.4, -0.2) is 17.7 Å². The zero-order chi connectivity index (χ0) is 18.0. The monoisotopic (exact) mass is 359 g/mol. The normalized spacial score (nSPS) is 12.9. The molecule has 0 aliphatic carbocycles. The lowest BCUT2D eigenvalue weighted by Gasteiger charge is -2.12. The van der Waals surface area contributed by atoms with Crippen LogP contribution in [0.15, 0.2) is 66.7 Å². The minimum absolute atomic E-state index is 0.776. The van der Waals surface area contributed by atoms with Crippen LogP contribution in [0.5, 0.6) is 0 Å². The van der Waals surface area contributed by atoms with E-state index in [1.807, 2.05) is 78.5 Å². The minimum atomic E-state index is -4.58. The first kappa shape index (κ1) is 17.3. The fourth-order valence-electron chi connectivity index (χ4n) is 2.93. The molecule has 0 saturated heterocycles. The van der Waals surface area contributed by atoms with Gasteiger partial charge in [-0.3, -0.25) is 4.55 Å². The molecule has 0 aliphatic rings. The van der Waals surface area contributed by atoms with Gasteiger partial charge < -0.3 is 0 Å². The molecule has 0 spiro atoms. The average Bonchev–Trinajstić information content (AvgIpc) is 2.92. The van der Waals surface area contributed by atoms with Gasteiger partial charge in [0.1, 0.15) is 5.69 Å². The number of nitrogens with zero attached hydrogens (tertiary/aromatic N) is 2. The fraction of sp³-hybridized carbons (Fsp3) is 0.167. The second kappa shape index (κ2) is 6.79. The molecule has 2 aromatic carbocycles. The Morgan fingerprint density at radius 2 is 1.52 bits per heavy atom. The van der Waals surface area contributed by atoms with Gasteiger partial charge in [0.2, 0.25) is 11.9 Å². The van der Waals surface area contributed by atoms with E-state index in [9.17, 15) is 8.42 Å². The van der Waals surface area contributed by atoms with E-state index in [1.165, 1.54) is 0 Å². The zero-order valence-corrected chi connectivity index (χ0v) is 14.7. The second-order valence-corrected chi connectivity index (χ2v) is 6.69. The van der Waals surface area contributed by atoms with Crippen LogP contribution < -0.4 is 4.68 Å². The number of rotatable bonds is 5. The Bertz CT molecular complexity index is 967. The largest absolute Gasteiger partial charge is 0.399 e. The maximum Gasteiger partial charge on any atom is 0.399 e. The summed E-state index contributed by atoms with van der Waals surface area (Å²) in [5, 5.41) is 0. The first-order valence-corrected chi connectivity index (χ1v) is 9.11. The van der Waals surface area contributed by atoms with E-state index in [0.29, 0.717) is 0 Å². The van der Waals surface area contributed by atoms with Crippen molar-refractivity contribution in [3.05, 3.63) is 66.7 Å². The van der Waals surface area contributed by atoms with Crippen molar-refractivity contribution in [1.82, 2.24) is 4.68 Å². The van der Waals surface area contributed by atoms with Gasteiger partial charge >= 0.3 is 10.4 Å². The third kappa shape index (κ3) is 3.79. The predicted octanol–water partition coefficient (Wildman–Crippen LogP) is 2.98. The Hall–Kier alpha value is -2.48. The standard InChI is InChI=1S/C18H18N2O4S/c1-14(24-25(21,22)23)20-18(16-11-7-4-8-12-16)13-17(19(20)2)15-9-5-3-6-10-15/h3-14H,1-2H3/p+1. The van der Waals surface area contributed by atoms with E-state index in [2.05, 4.69) is 0 Å². The summed E-state index contributed by atoms with van der Waals surface area (Å²) in [4.78, 5) is 0. The number of aromatic nitrogens is 2. The van der Waals surface area contributed by atoms with E-state index in [-0.39, 0.29) is 0 Å². The summed E-state index contributed by atoms with van der Waals surface area (Å²) in [6.45, 7) is 1.56. The van der Waals surface area contributed by atoms with Crippen molar-refractivity contribution in [1.29, 1.82) is 0 Å². The lowest BCUT2D eigenvalue weighted by molar-refractivity contribution is -0.748. The molecule has 0 radical (unpaired) electrons. The third-order valence-corrected chi connectivity index (χ3v) is 4.46. The minimum Gasteiger partial charge on any atom is -0.263 e. The maximum absolute atomic E-state index is 11.2. The smallest absolute Gasteiger partial charge is 0.263 e. The molecule has 0 fully saturated rings. The van der Waals surface area contributed by atoms with Gasteiger partial charge in [0.05, 0.1) is 0 Å². The van der Waals surface area contributed by atoms with Crippen LogP contribution in [0.1, 0.15) is 13.2 Å². The highest BCUT2D eigenvalue weighted by atomic mass is 32.3. The average molecular weight is 359 g/mol. The first-order valence-electron chi connectivity index (χ1n) is 7.75. The zero-order valence-electron chi connectivity index (χ0n) is 13.9. The highest BCUT2D eigenvalue weighted by Crippen LogP contribution is 2.27. The molecule has 3 aromatic rings. The maximum atomic E-state index is 11.2. The van der Waals surface area contributed by atoms with Crippen LogP contribution in [0.4, 0.5) is 0 Å². The van der Waals surface area contributed by atoms with Gasteiger partial charge in [-0.1, -0.05) is 48.5 Å². The molecule has 7 heteroatoms. The van der Waals surface area contributed by atoms with Gasteiger partial charge in [0.25, 0.3) is 0 Å². The van der Waals surface area contributed by atoms with Gasteiger partial charge in [0, 0.05) is 17.2 Å². The van der Waals surface area contributed by atoms with Crippen LogP contribution in [0.25, 0.3) is 22.5 Å². The van der Waals surface area contributed by atoms with E-state index in [0.717, 1.165) is 22.5 Å². The van der Waals surface area contributed by atoms with Crippen molar-refractivity contribution in [3.63, 3.8) is 0 Å². The molecule has 1 heterocycles. The van der Waals surface area contributed by atoms with Crippen LogP contribution in [-0.2, 0) is 21.6 Å². The van der Waals surface area contributed by atoms with Crippen molar-refractivity contribution in [2.75, 3.05) is 0 Å². The quantitative estimate of drug-likeness (QED) is 0.561. The van der Waals surface area contributed by atoms with Crippen molar-refractivity contribution in [3.8, 4) is 22.5 Å². The van der Waals surface area contributed by atoms with E-state index >= 15 is 0 Å². The SMILES string of the molecule is CC(OS(=O)(=O)O)n1c(-c2ccccc2)cc(-c2ccccc2)[n+]1C. The molecule has 0 amide bonds. The molecule has 0 bridgehead atoms. The summed E-state index contributed by atoms with van der Waals surface area (Å²) in [6, 6.07) is 21.3. The molecule has 6 nitrogen and oxygen atoms in total. The summed E-state index contributed by atoms with van der Waals surface area (Å²) in [5.74, 6) is 0.